The SMILES string of the molecule is CCC(CC)c1cc(C(=O)NC(CCC(=O)O)Cc2ccccc2)on1. The van der Waals surface area contributed by atoms with Gasteiger partial charge in [0.2, 0.25) is 5.76 Å². The average molecular weight is 358 g/mol. The van der Waals surface area contributed by atoms with Crippen LogP contribution in [-0.4, -0.2) is 28.2 Å². The first-order chi connectivity index (χ1) is 12.5. The fourth-order valence-corrected chi connectivity index (χ4v) is 2.97. The molecule has 26 heavy (non-hydrogen) atoms. The molecule has 6 heteroatoms. The van der Waals surface area contributed by atoms with Gasteiger partial charge in [-0.3, -0.25) is 9.59 Å². The second-order valence-corrected chi connectivity index (χ2v) is 6.42. The number of carboxylic acid groups (broad SMARTS) is 1. The van der Waals surface area contributed by atoms with Crippen LogP contribution in [0.15, 0.2) is 40.9 Å². The third kappa shape index (κ3) is 5.72. The van der Waals surface area contributed by atoms with Crippen molar-refractivity contribution in [2.24, 2.45) is 0 Å². The van der Waals surface area contributed by atoms with Gasteiger partial charge in [0.15, 0.2) is 0 Å². The minimum Gasteiger partial charge on any atom is -0.481 e. The number of nitrogens with zero attached hydrogens (tertiary/aromatic N) is 1. The van der Waals surface area contributed by atoms with Gasteiger partial charge in [-0.25, -0.2) is 0 Å². The molecule has 1 atom stereocenters. The van der Waals surface area contributed by atoms with Gasteiger partial charge in [0.1, 0.15) is 0 Å². The summed E-state index contributed by atoms with van der Waals surface area (Å²) < 4.78 is 5.21. The first kappa shape index (κ1) is 19.7. The van der Waals surface area contributed by atoms with Crippen molar-refractivity contribution < 1.29 is 19.2 Å². The Kier molecular flexibility index (Phi) is 7.38. The second-order valence-electron chi connectivity index (χ2n) is 6.42. The number of hydrogen-bond acceptors (Lipinski definition) is 4. The van der Waals surface area contributed by atoms with Crippen LogP contribution in [0.1, 0.15) is 67.3 Å². The summed E-state index contributed by atoms with van der Waals surface area (Å²) in [4.78, 5) is 23.4. The number of carbonyl (C=O) groups is 2. The van der Waals surface area contributed by atoms with Crippen LogP contribution in [0.4, 0.5) is 0 Å². The Morgan fingerprint density at radius 2 is 1.88 bits per heavy atom. The molecule has 1 unspecified atom stereocenters. The van der Waals surface area contributed by atoms with Crippen molar-refractivity contribution in [1.29, 1.82) is 0 Å². The fraction of sp³-hybridized carbons (Fsp3) is 0.450. The highest BCUT2D eigenvalue weighted by Gasteiger charge is 2.21. The van der Waals surface area contributed by atoms with Crippen molar-refractivity contribution >= 4 is 11.9 Å². The van der Waals surface area contributed by atoms with Crippen molar-refractivity contribution in [3.63, 3.8) is 0 Å². The molecule has 0 fully saturated rings. The molecular formula is C20H26N2O4. The van der Waals surface area contributed by atoms with Crippen molar-refractivity contribution in [2.45, 2.75) is 57.9 Å². The summed E-state index contributed by atoms with van der Waals surface area (Å²) >= 11 is 0. The molecule has 1 amide bonds. The predicted molar refractivity (Wildman–Crippen MR) is 98.1 cm³/mol. The normalized spacial score (nSPS) is 12.1. The van der Waals surface area contributed by atoms with Crippen LogP contribution in [-0.2, 0) is 11.2 Å². The van der Waals surface area contributed by atoms with Gasteiger partial charge in [-0.15, -0.1) is 0 Å². The Morgan fingerprint density at radius 1 is 1.19 bits per heavy atom. The van der Waals surface area contributed by atoms with E-state index in [0.717, 1.165) is 24.1 Å². The van der Waals surface area contributed by atoms with E-state index in [1.54, 1.807) is 6.07 Å². The van der Waals surface area contributed by atoms with E-state index in [1.807, 2.05) is 30.3 Å². The van der Waals surface area contributed by atoms with Gasteiger partial charge in [-0.1, -0.05) is 49.3 Å². The first-order valence-electron chi connectivity index (χ1n) is 9.06. The molecule has 6 nitrogen and oxygen atoms in total. The lowest BCUT2D eigenvalue weighted by molar-refractivity contribution is -0.137. The van der Waals surface area contributed by atoms with Gasteiger partial charge in [0, 0.05) is 24.4 Å². The van der Waals surface area contributed by atoms with E-state index < -0.39 is 5.97 Å². The number of carbonyl (C=O) groups excluding carboxylic acids is 1. The second kappa shape index (κ2) is 9.75. The standard InChI is InChI=1S/C20H26N2O4/c1-3-15(4-2)17-13-18(26-22-17)20(25)21-16(10-11-19(23)24)12-14-8-6-5-7-9-14/h5-9,13,15-16H,3-4,10-12H2,1-2H3,(H,21,25)(H,23,24). The number of nitrogens with one attached hydrogen (secondary N) is 1. The molecule has 0 aliphatic rings. The van der Waals surface area contributed by atoms with Gasteiger partial charge in [0.05, 0.1) is 5.69 Å². The smallest absolute Gasteiger partial charge is 0.303 e. The highest BCUT2D eigenvalue weighted by molar-refractivity contribution is 5.91. The molecule has 0 aliphatic heterocycles. The van der Waals surface area contributed by atoms with Gasteiger partial charge in [0.25, 0.3) is 5.91 Å². The largest absolute Gasteiger partial charge is 0.481 e. The van der Waals surface area contributed by atoms with Crippen molar-refractivity contribution in [2.75, 3.05) is 0 Å². The Morgan fingerprint density at radius 3 is 2.50 bits per heavy atom. The molecule has 0 saturated heterocycles. The van der Waals surface area contributed by atoms with Crippen LogP contribution in [0, 0.1) is 0 Å². The quantitative estimate of drug-likeness (QED) is 0.674. The number of amides is 1. The zero-order valence-electron chi connectivity index (χ0n) is 15.3. The third-order valence-corrected chi connectivity index (χ3v) is 4.52. The molecule has 2 aromatic rings. The highest BCUT2D eigenvalue weighted by Crippen LogP contribution is 2.22. The molecule has 2 N–H and O–H groups in total. The number of benzene rings is 1. The van der Waals surface area contributed by atoms with Gasteiger partial charge in [-0.2, -0.15) is 0 Å². The van der Waals surface area contributed by atoms with Crippen LogP contribution in [0.25, 0.3) is 0 Å². The van der Waals surface area contributed by atoms with Crippen LogP contribution in [0.2, 0.25) is 0 Å². The molecule has 1 aromatic carbocycles. The first-order valence-corrected chi connectivity index (χ1v) is 9.06. The summed E-state index contributed by atoms with van der Waals surface area (Å²) in [7, 11) is 0. The van der Waals surface area contributed by atoms with Crippen LogP contribution < -0.4 is 5.32 Å². The molecule has 0 spiro atoms. The monoisotopic (exact) mass is 358 g/mol. The van der Waals surface area contributed by atoms with E-state index >= 15 is 0 Å². The van der Waals surface area contributed by atoms with Crippen LogP contribution in [0.3, 0.4) is 0 Å². The number of hydrogen-bond donors (Lipinski definition) is 2. The lowest BCUT2D eigenvalue weighted by Gasteiger charge is -2.17. The molecule has 0 aliphatic carbocycles. The summed E-state index contributed by atoms with van der Waals surface area (Å²) in [6, 6.07) is 11.1. The van der Waals surface area contributed by atoms with E-state index in [0.29, 0.717) is 12.8 Å². The summed E-state index contributed by atoms with van der Waals surface area (Å²) in [6.45, 7) is 4.15. The molecule has 0 bridgehead atoms. The maximum Gasteiger partial charge on any atom is 0.303 e. The van der Waals surface area contributed by atoms with Gasteiger partial charge < -0.3 is 14.9 Å². The number of carboxylic acids is 1. The lowest BCUT2D eigenvalue weighted by Crippen LogP contribution is -2.36. The molecule has 140 valence electrons. The average Bonchev–Trinajstić information content (AvgIpc) is 3.11. The minimum absolute atomic E-state index is 0.00677. The minimum atomic E-state index is -0.881. The Hall–Kier alpha value is -2.63. The number of aliphatic carboxylic acids is 1. The molecule has 0 saturated carbocycles. The summed E-state index contributed by atoms with van der Waals surface area (Å²) in [5.74, 6) is -0.804. The number of aromatic nitrogens is 1. The van der Waals surface area contributed by atoms with E-state index in [2.05, 4.69) is 24.3 Å². The van der Waals surface area contributed by atoms with E-state index in [1.165, 1.54) is 0 Å². The zero-order valence-corrected chi connectivity index (χ0v) is 15.3. The van der Waals surface area contributed by atoms with Crippen molar-refractivity contribution in [1.82, 2.24) is 10.5 Å². The fourth-order valence-electron chi connectivity index (χ4n) is 2.97. The third-order valence-electron chi connectivity index (χ3n) is 4.52. The topological polar surface area (TPSA) is 92.4 Å². The summed E-state index contributed by atoms with van der Waals surface area (Å²) in [5.41, 5.74) is 1.82. The summed E-state index contributed by atoms with van der Waals surface area (Å²) in [5, 5.41) is 15.9. The van der Waals surface area contributed by atoms with Crippen molar-refractivity contribution in [3.8, 4) is 0 Å². The highest BCUT2D eigenvalue weighted by atomic mass is 16.5. The lowest BCUT2D eigenvalue weighted by atomic mass is 9.99. The number of rotatable bonds is 10. The van der Waals surface area contributed by atoms with E-state index in [9.17, 15) is 9.59 Å². The summed E-state index contributed by atoms with van der Waals surface area (Å²) in [6.07, 6.45) is 2.77. The van der Waals surface area contributed by atoms with Crippen molar-refractivity contribution in [3.05, 3.63) is 53.4 Å². The predicted octanol–water partition coefficient (Wildman–Crippen LogP) is 3.78. The van der Waals surface area contributed by atoms with Gasteiger partial charge >= 0.3 is 5.97 Å². The molecule has 1 aromatic heterocycles. The Bertz CT molecular complexity index is 708. The van der Waals surface area contributed by atoms with Crippen LogP contribution >= 0.6 is 0 Å². The Balaban J connectivity index is 2.06. The Labute approximate surface area is 153 Å². The molecule has 1 heterocycles. The van der Waals surface area contributed by atoms with E-state index in [-0.39, 0.29) is 30.0 Å². The maximum absolute atomic E-state index is 12.5. The molecule has 2 rings (SSSR count). The van der Waals surface area contributed by atoms with Crippen LogP contribution in [0.5, 0.6) is 0 Å². The molecule has 0 radical (unpaired) electrons. The maximum atomic E-state index is 12.5. The van der Waals surface area contributed by atoms with Gasteiger partial charge in [-0.05, 0) is 31.2 Å². The van der Waals surface area contributed by atoms with E-state index in [4.69, 9.17) is 9.63 Å². The molecular weight excluding hydrogens is 332 g/mol. The zero-order chi connectivity index (χ0) is 18.9.